The molecule has 2 nitrogen and oxygen atoms in total. The Hall–Kier alpha value is -1.05. The average molecular weight is 364 g/mol. The van der Waals surface area contributed by atoms with E-state index in [-0.39, 0.29) is 5.60 Å². The standard InChI is InChI=1S/C24H45NO/c1-10-18-24(8,9)26-25-22(5)16-15-20(3)13-12-14-21(4)17-19-23(6,7)11-2/h13,17H,10-12,14-16,18-19H2,1-9H3/b20-13+,21-17+,25-22+. The second-order valence-corrected chi connectivity index (χ2v) is 9.29. The van der Waals surface area contributed by atoms with Crippen LogP contribution < -0.4 is 0 Å². The molecule has 152 valence electrons. The van der Waals surface area contributed by atoms with Crippen LogP contribution in [-0.4, -0.2) is 11.3 Å². The van der Waals surface area contributed by atoms with E-state index in [2.05, 4.69) is 79.6 Å². The molecule has 0 atom stereocenters. The van der Waals surface area contributed by atoms with E-state index in [0.29, 0.717) is 5.41 Å². The van der Waals surface area contributed by atoms with Crippen molar-refractivity contribution in [3.63, 3.8) is 0 Å². The second kappa shape index (κ2) is 12.4. The third kappa shape index (κ3) is 13.2. The van der Waals surface area contributed by atoms with E-state index in [9.17, 15) is 0 Å². The molecule has 0 N–H and O–H groups in total. The van der Waals surface area contributed by atoms with Crippen LogP contribution in [0.15, 0.2) is 28.5 Å². The van der Waals surface area contributed by atoms with E-state index < -0.39 is 0 Å². The molecule has 0 aromatic rings. The van der Waals surface area contributed by atoms with Crippen molar-refractivity contribution in [3.8, 4) is 0 Å². The molecule has 0 aliphatic rings. The highest BCUT2D eigenvalue weighted by Gasteiger charge is 2.17. The lowest BCUT2D eigenvalue weighted by atomic mass is 9.85. The Morgan fingerprint density at radius 1 is 0.885 bits per heavy atom. The molecule has 0 saturated carbocycles. The van der Waals surface area contributed by atoms with Crippen molar-refractivity contribution in [1.29, 1.82) is 0 Å². The van der Waals surface area contributed by atoms with Gasteiger partial charge in [-0.25, -0.2) is 0 Å². The summed E-state index contributed by atoms with van der Waals surface area (Å²) in [5, 5.41) is 4.33. The van der Waals surface area contributed by atoms with Gasteiger partial charge in [-0.15, -0.1) is 0 Å². The SMILES string of the molecule is CCCC(C)(C)O/N=C(\C)CC/C(C)=C/CC/C(C)=C/CC(C)(C)CC. The van der Waals surface area contributed by atoms with E-state index in [4.69, 9.17) is 4.84 Å². The zero-order valence-corrected chi connectivity index (χ0v) is 19.2. The van der Waals surface area contributed by atoms with Gasteiger partial charge in [0.2, 0.25) is 0 Å². The third-order valence-corrected chi connectivity index (χ3v) is 5.17. The molecule has 0 aliphatic carbocycles. The van der Waals surface area contributed by atoms with Crippen molar-refractivity contribution in [3.05, 3.63) is 23.3 Å². The van der Waals surface area contributed by atoms with Crippen molar-refractivity contribution in [2.45, 2.75) is 119 Å². The summed E-state index contributed by atoms with van der Waals surface area (Å²) in [6.45, 7) is 19.9. The first kappa shape index (κ1) is 24.9. The first-order valence-electron chi connectivity index (χ1n) is 10.5. The molecule has 0 rings (SSSR count). The monoisotopic (exact) mass is 363 g/mol. The van der Waals surface area contributed by atoms with Crippen LogP contribution in [0.5, 0.6) is 0 Å². The van der Waals surface area contributed by atoms with Crippen LogP contribution in [0.1, 0.15) is 114 Å². The molecule has 0 aromatic heterocycles. The summed E-state index contributed by atoms with van der Waals surface area (Å²) in [6.07, 6.45) is 13.7. The van der Waals surface area contributed by atoms with Crippen LogP contribution in [0.3, 0.4) is 0 Å². The number of hydrogen-bond donors (Lipinski definition) is 0. The summed E-state index contributed by atoms with van der Waals surface area (Å²) >= 11 is 0. The molecule has 2 heteroatoms. The lowest BCUT2D eigenvalue weighted by Crippen LogP contribution is -2.21. The Morgan fingerprint density at radius 2 is 1.50 bits per heavy atom. The maximum atomic E-state index is 5.70. The molecule has 0 radical (unpaired) electrons. The average Bonchev–Trinajstić information content (AvgIpc) is 2.56. The fourth-order valence-electron chi connectivity index (χ4n) is 2.62. The summed E-state index contributed by atoms with van der Waals surface area (Å²) in [6, 6.07) is 0. The summed E-state index contributed by atoms with van der Waals surface area (Å²) < 4.78 is 0. The molecule has 0 aliphatic heterocycles. The van der Waals surface area contributed by atoms with Gasteiger partial charge >= 0.3 is 0 Å². The Labute approximate surface area is 164 Å². The molecule has 0 bridgehead atoms. The molecule has 0 amide bonds. The van der Waals surface area contributed by atoms with Gasteiger partial charge in [-0.05, 0) is 78.6 Å². The maximum absolute atomic E-state index is 5.70. The smallest absolute Gasteiger partial charge is 0.132 e. The van der Waals surface area contributed by atoms with Crippen molar-refractivity contribution in [2.75, 3.05) is 0 Å². The predicted molar refractivity (Wildman–Crippen MR) is 118 cm³/mol. The summed E-state index contributed by atoms with van der Waals surface area (Å²) in [5.41, 5.74) is 4.32. The zero-order chi connectivity index (χ0) is 20.2. The van der Waals surface area contributed by atoms with E-state index in [1.54, 1.807) is 0 Å². The largest absolute Gasteiger partial charge is 0.390 e. The number of allylic oxidation sites excluding steroid dienone is 4. The van der Waals surface area contributed by atoms with Crippen molar-refractivity contribution in [1.82, 2.24) is 0 Å². The molecular formula is C24H45NO. The first-order chi connectivity index (χ1) is 12.0. The van der Waals surface area contributed by atoms with Gasteiger partial charge in [-0.2, -0.15) is 0 Å². The summed E-state index contributed by atoms with van der Waals surface area (Å²) in [7, 11) is 0. The minimum Gasteiger partial charge on any atom is -0.390 e. The van der Waals surface area contributed by atoms with Crippen LogP contribution in [0, 0.1) is 5.41 Å². The fraction of sp³-hybridized carbons (Fsp3) is 0.792. The zero-order valence-electron chi connectivity index (χ0n) is 19.2. The number of oxime groups is 1. The van der Waals surface area contributed by atoms with Crippen molar-refractivity contribution in [2.24, 2.45) is 10.6 Å². The van der Waals surface area contributed by atoms with Crippen LogP contribution in [0.2, 0.25) is 0 Å². The quantitative estimate of drug-likeness (QED) is 0.183. The fourth-order valence-corrected chi connectivity index (χ4v) is 2.62. The maximum Gasteiger partial charge on any atom is 0.132 e. The van der Waals surface area contributed by atoms with Gasteiger partial charge in [0, 0.05) is 0 Å². The number of hydrogen-bond acceptors (Lipinski definition) is 2. The molecule has 0 heterocycles. The molecule has 0 aromatic carbocycles. The minimum absolute atomic E-state index is 0.156. The van der Waals surface area contributed by atoms with Gasteiger partial charge in [-0.1, -0.05) is 69.0 Å². The van der Waals surface area contributed by atoms with Gasteiger partial charge in [0.1, 0.15) is 5.60 Å². The molecule has 0 unspecified atom stereocenters. The van der Waals surface area contributed by atoms with Crippen molar-refractivity contribution < 1.29 is 4.84 Å². The van der Waals surface area contributed by atoms with Gasteiger partial charge in [-0.3, -0.25) is 0 Å². The Balaban J connectivity index is 4.23. The Bertz CT molecular complexity index is 480. The lowest BCUT2D eigenvalue weighted by molar-refractivity contribution is -0.0212. The van der Waals surface area contributed by atoms with E-state index in [1.807, 2.05) is 0 Å². The molecule has 26 heavy (non-hydrogen) atoms. The van der Waals surface area contributed by atoms with Gasteiger partial charge in [0.05, 0.1) is 5.71 Å². The van der Waals surface area contributed by atoms with Crippen LogP contribution in [0.25, 0.3) is 0 Å². The van der Waals surface area contributed by atoms with E-state index >= 15 is 0 Å². The summed E-state index contributed by atoms with van der Waals surface area (Å²) in [4.78, 5) is 5.70. The van der Waals surface area contributed by atoms with Crippen molar-refractivity contribution >= 4 is 5.71 Å². The highest BCUT2D eigenvalue weighted by molar-refractivity contribution is 5.81. The molecule has 0 spiro atoms. The van der Waals surface area contributed by atoms with E-state index in [1.165, 1.54) is 30.4 Å². The molecule has 0 fully saturated rings. The number of nitrogens with zero attached hydrogens (tertiary/aromatic N) is 1. The second-order valence-electron chi connectivity index (χ2n) is 9.29. The highest BCUT2D eigenvalue weighted by atomic mass is 16.6. The van der Waals surface area contributed by atoms with Gasteiger partial charge in [0.15, 0.2) is 0 Å². The van der Waals surface area contributed by atoms with Gasteiger partial charge in [0.25, 0.3) is 0 Å². The van der Waals surface area contributed by atoms with Crippen LogP contribution >= 0.6 is 0 Å². The number of rotatable bonds is 13. The third-order valence-electron chi connectivity index (χ3n) is 5.17. The minimum atomic E-state index is -0.156. The Morgan fingerprint density at radius 3 is 2.08 bits per heavy atom. The molecule has 0 saturated heterocycles. The predicted octanol–water partition coefficient (Wildman–Crippen LogP) is 8.24. The summed E-state index contributed by atoms with van der Waals surface area (Å²) in [5.74, 6) is 0. The highest BCUT2D eigenvalue weighted by Crippen LogP contribution is 2.26. The van der Waals surface area contributed by atoms with Crippen LogP contribution in [-0.2, 0) is 4.84 Å². The Kier molecular flexibility index (Phi) is 11.9. The van der Waals surface area contributed by atoms with Crippen LogP contribution in [0.4, 0.5) is 0 Å². The first-order valence-corrected chi connectivity index (χ1v) is 10.5. The van der Waals surface area contributed by atoms with E-state index in [0.717, 1.165) is 37.8 Å². The normalized spacial score (nSPS) is 14.7. The molecular weight excluding hydrogens is 318 g/mol. The van der Waals surface area contributed by atoms with Gasteiger partial charge < -0.3 is 4.84 Å². The topological polar surface area (TPSA) is 21.6 Å². The lowest BCUT2D eigenvalue weighted by Gasteiger charge is -2.21.